The van der Waals surface area contributed by atoms with Gasteiger partial charge in [0.25, 0.3) is 0 Å². The van der Waals surface area contributed by atoms with Crippen molar-refractivity contribution < 1.29 is 4.74 Å². The van der Waals surface area contributed by atoms with E-state index in [1.54, 1.807) is 19.5 Å². The van der Waals surface area contributed by atoms with Crippen LogP contribution in [0.3, 0.4) is 0 Å². The maximum Gasteiger partial charge on any atom is 0.171 e. The van der Waals surface area contributed by atoms with Crippen molar-refractivity contribution in [2.24, 2.45) is 5.92 Å². The third-order valence-electron chi connectivity index (χ3n) is 4.66. The number of nitrogens with zero attached hydrogens (tertiary/aromatic N) is 4. The highest BCUT2D eigenvalue weighted by atomic mass is 16.5. The number of methoxy groups -OCH3 is 1. The lowest BCUT2D eigenvalue weighted by atomic mass is 9.90. The number of piperidine rings is 1. The molecule has 2 aromatic rings. The van der Waals surface area contributed by atoms with Crippen molar-refractivity contribution in [1.29, 1.82) is 0 Å². The van der Waals surface area contributed by atoms with E-state index in [4.69, 9.17) is 4.74 Å². The average molecular weight is 326 g/mol. The Morgan fingerprint density at radius 2 is 1.92 bits per heavy atom. The van der Waals surface area contributed by atoms with Gasteiger partial charge in [0.05, 0.1) is 7.11 Å². The van der Waals surface area contributed by atoms with Crippen LogP contribution in [0.15, 0.2) is 36.7 Å². The molecule has 0 atom stereocenters. The Hall–Kier alpha value is -2.30. The summed E-state index contributed by atoms with van der Waals surface area (Å²) in [5, 5.41) is 0. The monoisotopic (exact) mass is 326 g/mol. The summed E-state index contributed by atoms with van der Waals surface area (Å²) < 4.78 is 5.33. The Labute approximate surface area is 144 Å². The lowest BCUT2D eigenvalue weighted by Crippen LogP contribution is -2.36. The average Bonchev–Trinajstić information content (AvgIpc) is 2.62. The summed E-state index contributed by atoms with van der Waals surface area (Å²) in [6.07, 6.45) is 7.02. The molecule has 0 spiro atoms. The molecule has 1 aliphatic heterocycles. The second-order valence-electron chi connectivity index (χ2n) is 6.58. The second kappa shape index (κ2) is 7.51. The highest BCUT2D eigenvalue weighted by molar-refractivity contribution is 5.61. The number of rotatable bonds is 5. The van der Waals surface area contributed by atoms with Gasteiger partial charge in [0.1, 0.15) is 5.75 Å². The van der Waals surface area contributed by atoms with Crippen molar-refractivity contribution >= 4 is 11.6 Å². The first-order valence-corrected chi connectivity index (χ1v) is 8.53. The molecule has 5 heteroatoms. The predicted octanol–water partition coefficient (Wildman–Crippen LogP) is 3.01. The summed E-state index contributed by atoms with van der Waals surface area (Å²) in [7, 11) is 5.76. The van der Waals surface area contributed by atoms with Crippen molar-refractivity contribution in [2.75, 3.05) is 44.1 Å². The third-order valence-corrected chi connectivity index (χ3v) is 4.66. The summed E-state index contributed by atoms with van der Waals surface area (Å²) >= 11 is 0. The summed E-state index contributed by atoms with van der Waals surface area (Å²) in [5.74, 6) is 3.61. The van der Waals surface area contributed by atoms with E-state index in [0.717, 1.165) is 36.9 Å². The molecule has 2 heterocycles. The molecule has 24 heavy (non-hydrogen) atoms. The Kier molecular flexibility index (Phi) is 5.18. The van der Waals surface area contributed by atoms with Crippen LogP contribution in [0.1, 0.15) is 18.4 Å². The number of ether oxygens (including phenoxy) is 1. The van der Waals surface area contributed by atoms with E-state index in [2.05, 4.69) is 33.1 Å². The predicted molar refractivity (Wildman–Crippen MR) is 98.0 cm³/mol. The van der Waals surface area contributed by atoms with Crippen LogP contribution in [0.2, 0.25) is 0 Å². The maximum absolute atomic E-state index is 5.33. The van der Waals surface area contributed by atoms with E-state index in [0.29, 0.717) is 5.92 Å². The highest BCUT2D eigenvalue weighted by Crippen LogP contribution is 2.29. The molecule has 0 saturated carbocycles. The Morgan fingerprint density at radius 1 is 1.17 bits per heavy atom. The van der Waals surface area contributed by atoms with E-state index in [9.17, 15) is 0 Å². The Morgan fingerprint density at radius 3 is 2.62 bits per heavy atom. The van der Waals surface area contributed by atoms with Gasteiger partial charge in [0.2, 0.25) is 0 Å². The molecule has 5 nitrogen and oxygen atoms in total. The molecule has 0 N–H and O–H groups in total. The molecule has 0 unspecified atom stereocenters. The quantitative estimate of drug-likeness (QED) is 0.845. The van der Waals surface area contributed by atoms with Crippen molar-refractivity contribution in [3.8, 4) is 5.75 Å². The van der Waals surface area contributed by atoms with Crippen LogP contribution in [0.5, 0.6) is 5.75 Å². The van der Waals surface area contributed by atoms with Crippen molar-refractivity contribution in [1.82, 2.24) is 9.97 Å². The van der Waals surface area contributed by atoms with Gasteiger partial charge in [-0.25, -0.2) is 9.97 Å². The van der Waals surface area contributed by atoms with Gasteiger partial charge in [-0.2, -0.15) is 0 Å². The topological polar surface area (TPSA) is 41.5 Å². The van der Waals surface area contributed by atoms with E-state index < -0.39 is 0 Å². The van der Waals surface area contributed by atoms with Gasteiger partial charge in [0, 0.05) is 39.6 Å². The largest absolute Gasteiger partial charge is 0.497 e. The van der Waals surface area contributed by atoms with Crippen LogP contribution in [-0.4, -0.2) is 44.3 Å². The highest BCUT2D eigenvalue weighted by Gasteiger charge is 2.23. The standard InChI is InChI=1S/C19H26N4O/c1-22(2)18-19(21-10-9-20-18)23-11-7-15(8-12-23)13-16-5-4-6-17(14-16)24-3/h4-6,9-10,14-15H,7-8,11-13H2,1-3H3. The van der Waals surface area contributed by atoms with Gasteiger partial charge in [-0.3, -0.25) is 0 Å². The number of aromatic nitrogens is 2. The molecule has 0 bridgehead atoms. The Balaban J connectivity index is 1.62. The molecule has 3 rings (SSSR count). The van der Waals surface area contributed by atoms with Crippen molar-refractivity contribution in [2.45, 2.75) is 19.3 Å². The third kappa shape index (κ3) is 3.78. The van der Waals surface area contributed by atoms with E-state index in [1.165, 1.54) is 18.4 Å². The van der Waals surface area contributed by atoms with Gasteiger partial charge in [-0.15, -0.1) is 0 Å². The van der Waals surface area contributed by atoms with Crippen LogP contribution < -0.4 is 14.5 Å². The fourth-order valence-electron chi connectivity index (χ4n) is 3.34. The summed E-state index contributed by atoms with van der Waals surface area (Å²) in [6, 6.07) is 8.43. The molecule has 1 aliphatic rings. The van der Waals surface area contributed by atoms with Gasteiger partial charge in [-0.05, 0) is 42.9 Å². The lowest BCUT2D eigenvalue weighted by Gasteiger charge is -2.34. The number of anilines is 2. The minimum Gasteiger partial charge on any atom is -0.497 e. The molecular formula is C19H26N4O. The molecule has 1 aromatic heterocycles. The summed E-state index contributed by atoms with van der Waals surface area (Å²) in [4.78, 5) is 13.4. The molecular weight excluding hydrogens is 300 g/mol. The minimum absolute atomic E-state index is 0.716. The normalized spacial score (nSPS) is 15.4. The van der Waals surface area contributed by atoms with Crippen molar-refractivity contribution in [3.63, 3.8) is 0 Å². The van der Waals surface area contributed by atoms with Crippen LogP contribution in [-0.2, 0) is 6.42 Å². The van der Waals surface area contributed by atoms with Crippen LogP contribution >= 0.6 is 0 Å². The first-order chi connectivity index (χ1) is 11.7. The molecule has 128 valence electrons. The fraction of sp³-hybridized carbons (Fsp3) is 0.474. The minimum atomic E-state index is 0.716. The van der Waals surface area contributed by atoms with E-state index in [1.807, 2.05) is 25.1 Å². The van der Waals surface area contributed by atoms with Crippen LogP contribution in [0, 0.1) is 5.92 Å². The smallest absolute Gasteiger partial charge is 0.171 e. The zero-order valence-corrected chi connectivity index (χ0v) is 14.8. The maximum atomic E-state index is 5.33. The second-order valence-corrected chi connectivity index (χ2v) is 6.58. The van der Waals surface area contributed by atoms with Gasteiger partial charge in [-0.1, -0.05) is 12.1 Å². The first-order valence-electron chi connectivity index (χ1n) is 8.53. The van der Waals surface area contributed by atoms with Crippen molar-refractivity contribution in [3.05, 3.63) is 42.2 Å². The fourth-order valence-corrected chi connectivity index (χ4v) is 3.34. The van der Waals surface area contributed by atoms with E-state index >= 15 is 0 Å². The zero-order chi connectivity index (χ0) is 16.9. The van der Waals surface area contributed by atoms with E-state index in [-0.39, 0.29) is 0 Å². The zero-order valence-electron chi connectivity index (χ0n) is 14.8. The summed E-state index contributed by atoms with van der Waals surface area (Å²) in [6.45, 7) is 2.07. The molecule has 0 amide bonds. The van der Waals surface area contributed by atoms with Gasteiger partial charge >= 0.3 is 0 Å². The molecule has 1 fully saturated rings. The SMILES string of the molecule is COc1cccc(CC2CCN(c3nccnc3N(C)C)CC2)c1. The summed E-state index contributed by atoms with van der Waals surface area (Å²) in [5.41, 5.74) is 1.36. The van der Waals surface area contributed by atoms with Crippen LogP contribution in [0.25, 0.3) is 0 Å². The molecule has 1 saturated heterocycles. The lowest BCUT2D eigenvalue weighted by molar-refractivity contribution is 0.397. The van der Waals surface area contributed by atoms with Crippen LogP contribution in [0.4, 0.5) is 11.6 Å². The molecule has 0 aliphatic carbocycles. The van der Waals surface area contributed by atoms with Gasteiger partial charge < -0.3 is 14.5 Å². The Bertz CT molecular complexity index is 666. The first kappa shape index (κ1) is 16.6. The number of hydrogen-bond acceptors (Lipinski definition) is 5. The van der Waals surface area contributed by atoms with Gasteiger partial charge in [0.15, 0.2) is 11.6 Å². The molecule has 0 radical (unpaired) electrons. The number of benzene rings is 1. The molecule has 1 aromatic carbocycles. The number of hydrogen-bond donors (Lipinski definition) is 0.